The van der Waals surface area contributed by atoms with Crippen LogP contribution in [0.4, 0.5) is 0 Å². The number of rotatable bonds is 7. The minimum absolute atomic E-state index is 0.0595. The van der Waals surface area contributed by atoms with Crippen LogP contribution in [0.1, 0.15) is 23.7 Å². The Morgan fingerprint density at radius 3 is 2.44 bits per heavy atom. The van der Waals surface area contributed by atoms with Crippen molar-refractivity contribution in [1.29, 1.82) is 0 Å². The van der Waals surface area contributed by atoms with Crippen molar-refractivity contribution in [3.05, 3.63) is 34.3 Å². The minimum atomic E-state index is -0.901. The maximum absolute atomic E-state index is 11.9. The summed E-state index contributed by atoms with van der Waals surface area (Å²) in [7, 11) is 0. The predicted molar refractivity (Wildman–Crippen MR) is 77.2 cm³/mol. The number of aliphatic carboxylic acids is 1. The van der Waals surface area contributed by atoms with Crippen molar-refractivity contribution in [3.8, 4) is 0 Å². The molecule has 0 heterocycles. The molecule has 0 aromatic heterocycles. The number of Topliss-reactive ketones (excluding diaryl/α,β-unsaturated/α-hetero) is 1. The first-order valence-electron chi connectivity index (χ1n) is 5.64. The number of benzene rings is 1. The maximum atomic E-state index is 11.9. The van der Waals surface area contributed by atoms with Gasteiger partial charge in [-0.3, -0.25) is 9.59 Å². The number of carbonyl (C=O) groups excluding carboxylic acids is 1. The van der Waals surface area contributed by atoms with Gasteiger partial charge in [-0.05, 0) is 17.9 Å². The lowest BCUT2D eigenvalue weighted by Gasteiger charge is -2.10. The molecule has 1 N–H and O–H groups in total. The van der Waals surface area contributed by atoms with E-state index in [0.29, 0.717) is 11.3 Å². The van der Waals surface area contributed by atoms with Gasteiger partial charge in [-0.1, -0.05) is 35.0 Å². The average molecular weight is 331 g/mol. The number of carboxylic acids is 1. The number of thioether (sulfide) groups is 1. The molecule has 0 amide bonds. The second-order valence-corrected chi connectivity index (χ2v) is 6.06. The average Bonchev–Trinajstić information content (AvgIpc) is 2.34. The SMILES string of the molecule is CCSCC(CC(=O)c1ccc(Br)cc1)C(=O)O. The number of hydrogen-bond donors (Lipinski definition) is 1. The predicted octanol–water partition coefficient (Wildman–Crippen LogP) is 3.48. The van der Waals surface area contributed by atoms with Gasteiger partial charge in [0.1, 0.15) is 0 Å². The Morgan fingerprint density at radius 1 is 1.33 bits per heavy atom. The number of hydrogen-bond acceptors (Lipinski definition) is 3. The molecule has 0 bridgehead atoms. The summed E-state index contributed by atoms with van der Waals surface area (Å²) in [6.45, 7) is 1.97. The van der Waals surface area contributed by atoms with E-state index in [1.807, 2.05) is 6.92 Å². The van der Waals surface area contributed by atoms with Crippen LogP contribution in [-0.4, -0.2) is 28.4 Å². The lowest BCUT2D eigenvalue weighted by molar-refractivity contribution is -0.140. The van der Waals surface area contributed by atoms with Crippen LogP contribution in [0.15, 0.2) is 28.7 Å². The number of carboxylic acid groups (broad SMARTS) is 1. The summed E-state index contributed by atoms with van der Waals surface area (Å²) in [6, 6.07) is 6.98. The molecule has 1 rings (SSSR count). The van der Waals surface area contributed by atoms with Gasteiger partial charge in [0.25, 0.3) is 0 Å². The monoisotopic (exact) mass is 330 g/mol. The Morgan fingerprint density at radius 2 is 1.94 bits per heavy atom. The highest BCUT2D eigenvalue weighted by atomic mass is 79.9. The van der Waals surface area contributed by atoms with Crippen LogP contribution in [0.2, 0.25) is 0 Å². The maximum Gasteiger partial charge on any atom is 0.307 e. The quantitative estimate of drug-likeness (QED) is 0.777. The van der Waals surface area contributed by atoms with Gasteiger partial charge in [-0.2, -0.15) is 11.8 Å². The van der Waals surface area contributed by atoms with Gasteiger partial charge in [0, 0.05) is 22.2 Å². The number of carbonyl (C=O) groups is 2. The third kappa shape index (κ3) is 4.82. The minimum Gasteiger partial charge on any atom is -0.481 e. The topological polar surface area (TPSA) is 54.4 Å². The Labute approximate surface area is 119 Å². The number of halogens is 1. The van der Waals surface area contributed by atoms with Gasteiger partial charge < -0.3 is 5.11 Å². The van der Waals surface area contributed by atoms with Crippen molar-refractivity contribution in [2.75, 3.05) is 11.5 Å². The van der Waals surface area contributed by atoms with Gasteiger partial charge in [0.2, 0.25) is 0 Å². The molecule has 0 radical (unpaired) electrons. The lowest BCUT2D eigenvalue weighted by atomic mass is 10.00. The van der Waals surface area contributed by atoms with Crippen LogP contribution < -0.4 is 0 Å². The van der Waals surface area contributed by atoms with Gasteiger partial charge in [-0.25, -0.2) is 0 Å². The molecule has 0 aliphatic heterocycles. The second kappa shape index (κ2) is 7.59. The summed E-state index contributed by atoms with van der Waals surface area (Å²) in [5.41, 5.74) is 0.561. The van der Waals surface area contributed by atoms with E-state index in [4.69, 9.17) is 5.11 Å². The van der Waals surface area contributed by atoms with Crippen LogP contribution in [0.5, 0.6) is 0 Å². The first kappa shape index (κ1) is 15.2. The van der Waals surface area contributed by atoms with Crippen molar-refractivity contribution in [3.63, 3.8) is 0 Å². The van der Waals surface area contributed by atoms with E-state index >= 15 is 0 Å². The number of ketones is 1. The summed E-state index contributed by atoms with van der Waals surface area (Å²) >= 11 is 4.84. The fraction of sp³-hybridized carbons (Fsp3) is 0.385. The van der Waals surface area contributed by atoms with Crippen LogP contribution in [-0.2, 0) is 4.79 Å². The fourth-order valence-electron chi connectivity index (χ4n) is 1.46. The molecule has 0 fully saturated rings. The summed E-state index contributed by atoms with van der Waals surface area (Å²) in [6.07, 6.45) is 0.0595. The van der Waals surface area contributed by atoms with E-state index in [1.54, 1.807) is 36.0 Å². The molecule has 98 valence electrons. The van der Waals surface area contributed by atoms with Crippen molar-refractivity contribution < 1.29 is 14.7 Å². The lowest BCUT2D eigenvalue weighted by Crippen LogP contribution is -2.20. The third-order valence-electron chi connectivity index (χ3n) is 2.47. The molecular weight excluding hydrogens is 316 g/mol. The Kier molecular flexibility index (Phi) is 6.43. The largest absolute Gasteiger partial charge is 0.481 e. The van der Waals surface area contributed by atoms with Gasteiger partial charge in [-0.15, -0.1) is 0 Å². The molecule has 1 aromatic rings. The molecule has 0 aliphatic carbocycles. The van der Waals surface area contributed by atoms with Crippen LogP contribution >= 0.6 is 27.7 Å². The smallest absolute Gasteiger partial charge is 0.307 e. The zero-order valence-corrected chi connectivity index (χ0v) is 12.5. The molecule has 0 saturated carbocycles. The molecule has 1 atom stereocenters. The summed E-state index contributed by atoms with van der Waals surface area (Å²) in [4.78, 5) is 23.0. The third-order valence-corrected chi connectivity index (χ3v) is 4.05. The van der Waals surface area contributed by atoms with Crippen LogP contribution in [0.3, 0.4) is 0 Å². The Bertz CT molecular complexity index is 417. The highest BCUT2D eigenvalue weighted by Crippen LogP contribution is 2.17. The van der Waals surface area contributed by atoms with Gasteiger partial charge in [0.05, 0.1) is 5.92 Å². The Hall–Kier alpha value is -0.810. The van der Waals surface area contributed by atoms with Gasteiger partial charge >= 0.3 is 5.97 Å². The van der Waals surface area contributed by atoms with E-state index in [0.717, 1.165) is 10.2 Å². The van der Waals surface area contributed by atoms with Crippen molar-refractivity contribution in [2.24, 2.45) is 5.92 Å². The normalized spacial score (nSPS) is 12.1. The second-order valence-electron chi connectivity index (χ2n) is 3.83. The summed E-state index contributed by atoms with van der Waals surface area (Å²) in [5, 5.41) is 9.07. The fourth-order valence-corrected chi connectivity index (χ4v) is 2.50. The van der Waals surface area contributed by atoms with E-state index in [-0.39, 0.29) is 12.2 Å². The van der Waals surface area contributed by atoms with Crippen LogP contribution in [0.25, 0.3) is 0 Å². The molecule has 3 nitrogen and oxygen atoms in total. The molecule has 1 aromatic carbocycles. The van der Waals surface area contributed by atoms with Crippen molar-refractivity contribution in [2.45, 2.75) is 13.3 Å². The standard InChI is InChI=1S/C13H15BrO3S/c1-2-18-8-10(13(16)17)7-12(15)9-3-5-11(14)6-4-9/h3-6,10H,2,7-8H2,1H3,(H,16,17). The zero-order valence-electron chi connectivity index (χ0n) is 10.1. The molecular formula is C13H15BrO3S. The van der Waals surface area contributed by atoms with Gasteiger partial charge in [0.15, 0.2) is 5.78 Å². The zero-order chi connectivity index (χ0) is 13.5. The Balaban J connectivity index is 2.66. The molecule has 0 saturated heterocycles. The van der Waals surface area contributed by atoms with Crippen molar-refractivity contribution >= 4 is 39.4 Å². The van der Waals surface area contributed by atoms with E-state index in [9.17, 15) is 9.59 Å². The van der Waals surface area contributed by atoms with E-state index in [2.05, 4.69) is 15.9 Å². The molecule has 1 unspecified atom stereocenters. The summed E-state index contributed by atoms with van der Waals surface area (Å²) < 4.78 is 0.898. The first-order valence-corrected chi connectivity index (χ1v) is 7.58. The molecule has 5 heteroatoms. The summed E-state index contributed by atoms with van der Waals surface area (Å²) in [5.74, 6) is -0.288. The highest BCUT2D eigenvalue weighted by Gasteiger charge is 2.21. The highest BCUT2D eigenvalue weighted by molar-refractivity contribution is 9.10. The molecule has 18 heavy (non-hydrogen) atoms. The molecule has 0 aliphatic rings. The van der Waals surface area contributed by atoms with E-state index in [1.165, 1.54) is 0 Å². The first-order chi connectivity index (χ1) is 8.54. The van der Waals surface area contributed by atoms with Crippen LogP contribution in [0, 0.1) is 5.92 Å². The molecule has 0 spiro atoms. The van der Waals surface area contributed by atoms with Crippen molar-refractivity contribution in [1.82, 2.24) is 0 Å². The van der Waals surface area contributed by atoms with E-state index < -0.39 is 11.9 Å².